The van der Waals surface area contributed by atoms with Crippen LogP contribution in [0.1, 0.15) is 24.1 Å². The molecule has 2 aromatic carbocycles. The summed E-state index contributed by atoms with van der Waals surface area (Å²) >= 11 is 0. The summed E-state index contributed by atoms with van der Waals surface area (Å²) < 4.78 is 0. The Morgan fingerprint density at radius 1 is 0.871 bits per heavy atom. The van der Waals surface area contributed by atoms with E-state index < -0.39 is 0 Å². The predicted molar refractivity (Wildman–Crippen MR) is 125 cm³/mol. The molecule has 31 heavy (non-hydrogen) atoms. The molecule has 2 saturated heterocycles. The fourth-order valence-electron chi connectivity index (χ4n) is 4.66. The lowest BCUT2D eigenvalue weighted by Crippen LogP contribution is -2.49. The summed E-state index contributed by atoms with van der Waals surface area (Å²) in [7, 11) is 0. The first-order valence-corrected chi connectivity index (χ1v) is 11.3. The zero-order valence-electron chi connectivity index (χ0n) is 18.1. The second-order valence-electron chi connectivity index (χ2n) is 8.54. The molecule has 0 aliphatic carbocycles. The first kappa shape index (κ1) is 19.8. The van der Waals surface area contributed by atoms with Crippen LogP contribution in [-0.4, -0.2) is 60.0 Å². The molecular weight excluding hydrogens is 386 g/mol. The van der Waals surface area contributed by atoms with Crippen molar-refractivity contribution in [3.05, 3.63) is 59.8 Å². The first-order chi connectivity index (χ1) is 15.2. The van der Waals surface area contributed by atoms with Crippen molar-refractivity contribution in [3.8, 4) is 0 Å². The number of carbonyl (C=O) groups excluding carboxylic acids is 1. The Labute approximate surface area is 183 Å². The van der Waals surface area contributed by atoms with Gasteiger partial charge in [-0.2, -0.15) is 4.98 Å². The quantitative estimate of drug-likeness (QED) is 0.654. The van der Waals surface area contributed by atoms with Crippen molar-refractivity contribution in [2.45, 2.75) is 26.2 Å². The lowest BCUT2D eigenvalue weighted by Gasteiger charge is -2.36. The van der Waals surface area contributed by atoms with Crippen molar-refractivity contribution in [2.24, 2.45) is 0 Å². The van der Waals surface area contributed by atoms with E-state index in [-0.39, 0.29) is 5.91 Å². The standard InChI is InChI=1S/C25H29N5O/c1-19-17-23(27-25(26-19)30-11-4-5-12-30)28-13-15-29(16-14-28)24(31)18-21-9-6-8-20-7-2-3-10-22(20)21/h2-3,6-10,17H,4-5,11-16,18H2,1H3. The average molecular weight is 416 g/mol. The SMILES string of the molecule is Cc1cc(N2CCN(C(=O)Cc3cccc4ccccc34)CC2)nc(N2CCCC2)n1. The van der Waals surface area contributed by atoms with Crippen LogP contribution < -0.4 is 9.80 Å². The van der Waals surface area contributed by atoms with Gasteiger partial charge in [0.2, 0.25) is 11.9 Å². The number of nitrogens with zero attached hydrogens (tertiary/aromatic N) is 5. The van der Waals surface area contributed by atoms with Gasteiger partial charge in [-0.15, -0.1) is 0 Å². The Morgan fingerprint density at radius 2 is 1.61 bits per heavy atom. The lowest BCUT2D eigenvalue weighted by molar-refractivity contribution is -0.130. The van der Waals surface area contributed by atoms with Crippen molar-refractivity contribution in [3.63, 3.8) is 0 Å². The van der Waals surface area contributed by atoms with Crippen LogP contribution in [0.25, 0.3) is 10.8 Å². The molecule has 1 aromatic heterocycles. The number of carbonyl (C=O) groups is 1. The van der Waals surface area contributed by atoms with E-state index in [1.807, 2.05) is 30.0 Å². The number of aryl methyl sites for hydroxylation is 1. The van der Waals surface area contributed by atoms with Crippen molar-refractivity contribution in [1.29, 1.82) is 0 Å². The number of amides is 1. The second-order valence-corrected chi connectivity index (χ2v) is 8.54. The van der Waals surface area contributed by atoms with Gasteiger partial charge >= 0.3 is 0 Å². The molecule has 0 unspecified atom stereocenters. The Kier molecular flexibility index (Phi) is 5.45. The van der Waals surface area contributed by atoms with E-state index in [1.54, 1.807) is 0 Å². The maximum atomic E-state index is 13.0. The summed E-state index contributed by atoms with van der Waals surface area (Å²) in [6.07, 6.45) is 2.88. The third-order valence-corrected chi connectivity index (χ3v) is 6.40. The number of benzene rings is 2. The van der Waals surface area contributed by atoms with Crippen LogP contribution >= 0.6 is 0 Å². The summed E-state index contributed by atoms with van der Waals surface area (Å²) in [6.45, 7) is 7.18. The molecule has 6 nitrogen and oxygen atoms in total. The Hall–Kier alpha value is -3.15. The molecule has 0 N–H and O–H groups in total. The van der Waals surface area contributed by atoms with E-state index in [2.05, 4.69) is 45.1 Å². The van der Waals surface area contributed by atoms with E-state index in [0.29, 0.717) is 6.42 Å². The molecular formula is C25H29N5O. The fraction of sp³-hybridized carbons (Fsp3) is 0.400. The molecule has 160 valence electrons. The normalized spacial score (nSPS) is 16.9. The summed E-state index contributed by atoms with van der Waals surface area (Å²) in [5, 5.41) is 2.36. The van der Waals surface area contributed by atoms with Crippen LogP contribution in [0.5, 0.6) is 0 Å². The molecule has 0 bridgehead atoms. The van der Waals surface area contributed by atoms with Gasteiger partial charge in [0.15, 0.2) is 0 Å². The number of piperazine rings is 1. The number of hydrogen-bond donors (Lipinski definition) is 0. The van der Waals surface area contributed by atoms with Crippen LogP contribution in [0.2, 0.25) is 0 Å². The van der Waals surface area contributed by atoms with Crippen LogP contribution in [0.4, 0.5) is 11.8 Å². The summed E-state index contributed by atoms with van der Waals surface area (Å²) in [6, 6.07) is 16.5. The van der Waals surface area contributed by atoms with Gasteiger partial charge in [0.1, 0.15) is 5.82 Å². The fourth-order valence-corrected chi connectivity index (χ4v) is 4.66. The van der Waals surface area contributed by atoms with Crippen LogP contribution in [0.15, 0.2) is 48.5 Å². The topological polar surface area (TPSA) is 52.6 Å². The van der Waals surface area contributed by atoms with Crippen molar-refractivity contribution in [1.82, 2.24) is 14.9 Å². The van der Waals surface area contributed by atoms with Crippen molar-refractivity contribution < 1.29 is 4.79 Å². The van der Waals surface area contributed by atoms with E-state index in [4.69, 9.17) is 4.98 Å². The van der Waals surface area contributed by atoms with Gasteiger partial charge in [-0.25, -0.2) is 4.98 Å². The minimum absolute atomic E-state index is 0.202. The minimum atomic E-state index is 0.202. The van der Waals surface area contributed by atoms with Crippen LogP contribution in [0.3, 0.4) is 0 Å². The molecule has 3 aromatic rings. The molecule has 0 atom stereocenters. The predicted octanol–water partition coefficient (Wildman–Crippen LogP) is 3.43. The van der Waals surface area contributed by atoms with Crippen LogP contribution in [-0.2, 0) is 11.2 Å². The smallest absolute Gasteiger partial charge is 0.227 e. The van der Waals surface area contributed by atoms with Gasteiger partial charge < -0.3 is 14.7 Å². The largest absolute Gasteiger partial charge is 0.353 e. The van der Waals surface area contributed by atoms with Crippen molar-refractivity contribution >= 4 is 28.4 Å². The van der Waals surface area contributed by atoms with Gasteiger partial charge in [-0.1, -0.05) is 42.5 Å². The molecule has 0 radical (unpaired) electrons. The van der Waals surface area contributed by atoms with E-state index >= 15 is 0 Å². The maximum absolute atomic E-state index is 13.0. The highest BCUT2D eigenvalue weighted by Gasteiger charge is 2.24. The number of aromatic nitrogens is 2. The highest BCUT2D eigenvalue weighted by molar-refractivity contribution is 5.90. The van der Waals surface area contributed by atoms with E-state index in [0.717, 1.165) is 62.3 Å². The van der Waals surface area contributed by atoms with Gasteiger partial charge in [-0.05, 0) is 36.1 Å². The molecule has 0 spiro atoms. The number of rotatable bonds is 4. The van der Waals surface area contributed by atoms with E-state index in [1.165, 1.54) is 23.6 Å². The molecule has 6 heteroatoms. The zero-order chi connectivity index (χ0) is 21.2. The zero-order valence-corrected chi connectivity index (χ0v) is 18.1. The molecule has 3 heterocycles. The molecule has 5 rings (SSSR count). The van der Waals surface area contributed by atoms with Gasteiger partial charge in [0, 0.05) is 51.0 Å². The van der Waals surface area contributed by atoms with Crippen molar-refractivity contribution in [2.75, 3.05) is 49.1 Å². The van der Waals surface area contributed by atoms with Gasteiger partial charge in [-0.3, -0.25) is 4.79 Å². The maximum Gasteiger partial charge on any atom is 0.227 e. The molecule has 0 saturated carbocycles. The van der Waals surface area contributed by atoms with Crippen LogP contribution in [0, 0.1) is 6.92 Å². The Morgan fingerprint density at radius 3 is 2.42 bits per heavy atom. The highest BCUT2D eigenvalue weighted by Crippen LogP contribution is 2.23. The molecule has 2 aliphatic heterocycles. The summed E-state index contributed by atoms with van der Waals surface area (Å²) in [5.74, 6) is 2.03. The molecule has 2 fully saturated rings. The first-order valence-electron chi connectivity index (χ1n) is 11.3. The number of anilines is 2. The average Bonchev–Trinajstić information content (AvgIpc) is 3.34. The number of hydrogen-bond acceptors (Lipinski definition) is 5. The highest BCUT2D eigenvalue weighted by atomic mass is 16.2. The van der Waals surface area contributed by atoms with E-state index in [9.17, 15) is 4.79 Å². The molecule has 1 amide bonds. The Balaban J connectivity index is 1.25. The third-order valence-electron chi connectivity index (χ3n) is 6.40. The third kappa shape index (κ3) is 4.20. The minimum Gasteiger partial charge on any atom is -0.353 e. The second kappa shape index (κ2) is 8.53. The Bertz CT molecular complexity index is 1080. The summed E-state index contributed by atoms with van der Waals surface area (Å²) in [4.78, 5) is 29.1. The lowest BCUT2D eigenvalue weighted by atomic mass is 10.0. The van der Waals surface area contributed by atoms with Gasteiger partial charge in [0.25, 0.3) is 0 Å². The number of fused-ring (bicyclic) bond motifs is 1. The molecule has 2 aliphatic rings. The monoisotopic (exact) mass is 415 g/mol. The van der Waals surface area contributed by atoms with Gasteiger partial charge in [0.05, 0.1) is 6.42 Å². The summed E-state index contributed by atoms with van der Waals surface area (Å²) in [5.41, 5.74) is 2.11.